The number of hydrogen-bond donors (Lipinski definition) is 0. The quantitative estimate of drug-likeness (QED) is 0.0997. The van der Waals surface area contributed by atoms with Gasteiger partial charge in [0.2, 0.25) is 0 Å². The van der Waals surface area contributed by atoms with Gasteiger partial charge in [-0.3, -0.25) is 0 Å². The zero-order valence-electron chi connectivity index (χ0n) is 39.4. The molecule has 1 aliphatic carbocycles. The van der Waals surface area contributed by atoms with Gasteiger partial charge < -0.3 is 9.80 Å². The molecule has 0 saturated heterocycles. The molecular weight excluding hydrogens is 845 g/mol. The van der Waals surface area contributed by atoms with Crippen LogP contribution in [0.25, 0.3) is 82.2 Å². The SMILES string of the molecule is C=C/C(=C\C=C/C)N(c1ccc(-c2cccc(-c3ccc(N(c4ccccc4)c4ccc5c6c(c7ccccc7c5c4)CCCC=C6)cc3)c2)cc1)c1ccc2c3ccccc3c3ccccc3c2c1. The van der Waals surface area contributed by atoms with E-state index in [4.69, 9.17) is 0 Å². The van der Waals surface area contributed by atoms with Crippen LogP contribution >= 0.6 is 0 Å². The van der Waals surface area contributed by atoms with Crippen molar-refractivity contribution >= 4 is 88.4 Å². The van der Waals surface area contributed by atoms with Gasteiger partial charge in [0.1, 0.15) is 0 Å². The standard InChI is InChI=1S/C68H52N2/c1-3-5-21-51(4-2)69(55-40-42-66-62-29-13-12-26-58(62)60-28-15-17-31-64(60)67(66)45-55)53-36-32-47(33-37-53)49-19-18-20-50(44-49)48-34-38-54(39-35-48)70(52-22-8-6-9-23-52)56-41-43-65-61-25-11-7-10-24-57(61)59-27-14-16-30-63(59)68(65)46-56/h3-6,8-9,11-23,25-46H,2,7,10,24H2,1H3/b5-3-,51-21+. The molecule has 334 valence electrons. The molecule has 0 atom stereocenters. The summed E-state index contributed by atoms with van der Waals surface area (Å²) >= 11 is 0. The number of allylic oxidation sites excluding steroid dienone is 5. The summed E-state index contributed by atoms with van der Waals surface area (Å²) in [6.45, 7) is 6.32. The minimum Gasteiger partial charge on any atom is -0.311 e. The Labute approximate surface area is 410 Å². The second-order valence-electron chi connectivity index (χ2n) is 18.3. The molecule has 0 heterocycles. The lowest BCUT2D eigenvalue weighted by Crippen LogP contribution is -2.15. The summed E-state index contributed by atoms with van der Waals surface area (Å²) in [6, 6.07) is 78.0. The fourth-order valence-corrected chi connectivity index (χ4v) is 10.9. The first-order valence-corrected chi connectivity index (χ1v) is 24.5. The minimum absolute atomic E-state index is 0.993. The van der Waals surface area contributed by atoms with E-state index < -0.39 is 0 Å². The van der Waals surface area contributed by atoms with Gasteiger partial charge in [-0.1, -0.05) is 176 Å². The van der Waals surface area contributed by atoms with Gasteiger partial charge in [0.05, 0.1) is 0 Å². The highest BCUT2D eigenvalue weighted by Gasteiger charge is 2.20. The molecule has 0 radical (unpaired) electrons. The summed E-state index contributed by atoms with van der Waals surface area (Å²) in [6.07, 6.45) is 16.3. The zero-order chi connectivity index (χ0) is 47.0. The highest BCUT2D eigenvalue weighted by Crippen LogP contribution is 2.43. The lowest BCUT2D eigenvalue weighted by Gasteiger charge is -2.27. The lowest BCUT2D eigenvalue weighted by atomic mass is 9.90. The number of fused-ring (bicyclic) bond motifs is 12. The maximum Gasteiger partial charge on any atom is 0.0468 e. The van der Waals surface area contributed by atoms with Crippen LogP contribution in [0.5, 0.6) is 0 Å². The zero-order valence-corrected chi connectivity index (χ0v) is 39.4. The fraction of sp³-hybridized carbons (Fsp3) is 0.0588. The normalized spacial score (nSPS) is 12.8. The van der Waals surface area contributed by atoms with Gasteiger partial charge in [0, 0.05) is 34.1 Å². The summed E-state index contributed by atoms with van der Waals surface area (Å²) in [5, 5.41) is 12.8. The third-order valence-electron chi connectivity index (χ3n) is 14.2. The van der Waals surface area contributed by atoms with E-state index in [-0.39, 0.29) is 0 Å². The average molecular weight is 897 g/mol. The Bertz CT molecular complexity index is 3840. The smallest absolute Gasteiger partial charge is 0.0468 e. The number of rotatable bonds is 10. The molecule has 11 aromatic carbocycles. The maximum atomic E-state index is 4.28. The fourth-order valence-electron chi connectivity index (χ4n) is 10.9. The van der Waals surface area contributed by atoms with Crippen molar-refractivity contribution in [3.05, 3.63) is 266 Å². The van der Waals surface area contributed by atoms with Crippen LogP contribution in [0, 0.1) is 0 Å². The number of para-hydroxylation sites is 1. The average Bonchev–Trinajstić information content (AvgIpc) is 3.70. The molecule has 0 aliphatic heterocycles. The summed E-state index contributed by atoms with van der Waals surface area (Å²) in [7, 11) is 0. The molecule has 11 aromatic rings. The second-order valence-corrected chi connectivity index (χ2v) is 18.3. The third kappa shape index (κ3) is 7.65. The number of benzene rings is 11. The predicted molar refractivity (Wildman–Crippen MR) is 303 cm³/mol. The minimum atomic E-state index is 0.993. The van der Waals surface area contributed by atoms with Crippen LogP contribution in [0.3, 0.4) is 0 Å². The van der Waals surface area contributed by atoms with E-state index in [0.717, 1.165) is 52.5 Å². The summed E-state index contributed by atoms with van der Waals surface area (Å²) in [5.41, 5.74) is 14.0. The topological polar surface area (TPSA) is 6.48 Å². The van der Waals surface area contributed by atoms with Crippen molar-refractivity contribution in [2.75, 3.05) is 9.80 Å². The van der Waals surface area contributed by atoms with Crippen LogP contribution in [0.15, 0.2) is 255 Å². The first kappa shape index (κ1) is 42.6. The number of anilines is 5. The van der Waals surface area contributed by atoms with Crippen LogP contribution in [-0.4, -0.2) is 0 Å². The van der Waals surface area contributed by atoms with Gasteiger partial charge in [0.15, 0.2) is 0 Å². The van der Waals surface area contributed by atoms with Gasteiger partial charge in [-0.05, 0) is 192 Å². The van der Waals surface area contributed by atoms with Crippen LogP contribution in [0.2, 0.25) is 0 Å². The van der Waals surface area contributed by atoms with E-state index in [1.54, 1.807) is 0 Å². The van der Waals surface area contributed by atoms with E-state index in [2.05, 4.69) is 259 Å². The summed E-state index contributed by atoms with van der Waals surface area (Å²) in [5.74, 6) is 0. The van der Waals surface area contributed by atoms with Crippen molar-refractivity contribution in [1.29, 1.82) is 0 Å². The van der Waals surface area contributed by atoms with E-state index in [9.17, 15) is 0 Å². The van der Waals surface area contributed by atoms with Crippen LogP contribution in [0.1, 0.15) is 30.9 Å². The summed E-state index contributed by atoms with van der Waals surface area (Å²) < 4.78 is 0. The van der Waals surface area contributed by atoms with Crippen LogP contribution < -0.4 is 9.80 Å². The number of nitrogens with zero attached hydrogens (tertiary/aromatic N) is 2. The molecule has 12 rings (SSSR count). The molecule has 0 amide bonds. The number of aryl methyl sites for hydroxylation is 1. The second kappa shape index (κ2) is 18.4. The molecule has 0 bridgehead atoms. The van der Waals surface area contributed by atoms with Crippen LogP contribution in [-0.2, 0) is 6.42 Å². The van der Waals surface area contributed by atoms with Crippen molar-refractivity contribution in [2.45, 2.75) is 26.2 Å². The lowest BCUT2D eigenvalue weighted by molar-refractivity contribution is 0.857. The van der Waals surface area contributed by atoms with Crippen LogP contribution in [0.4, 0.5) is 28.4 Å². The monoisotopic (exact) mass is 896 g/mol. The van der Waals surface area contributed by atoms with Crippen molar-refractivity contribution in [1.82, 2.24) is 0 Å². The molecule has 2 nitrogen and oxygen atoms in total. The number of hydrogen-bond acceptors (Lipinski definition) is 2. The van der Waals surface area contributed by atoms with Crippen molar-refractivity contribution in [3.63, 3.8) is 0 Å². The van der Waals surface area contributed by atoms with Gasteiger partial charge in [-0.15, -0.1) is 0 Å². The molecule has 0 aromatic heterocycles. The van der Waals surface area contributed by atoms with E-state index in [1.165, 1.54) is 88.1 Å². The predicted octanol–water partition coefficient (Wildman–Crippen LogP) is 19.4. The Morgan fingerprint density at radius 1 is 0.429 bits per heavy atom. The van der Waals surface area contributed by atoms with Crippen molar-refractivity contribution < 1.29 is 0 Å². The Hall–Kier alpha value is -8.72. The van der Waals surface area contributed by atoms with Crippen molar-refractivity contribution in [3.8, 4) is 22.3 Å². The van der Waals surface area contributed by atoms with E-state index in [0.29, 0.717) is 0 Å². The Kier molecular flexibility index (Phi) is 11.2. The van der Waals surface area contributed by atoms with Gasteiger partial charge in [-0.25, -0.2) is 0 Å². The molecular formula is C68H52N2. The van der Waals surface area contributed by atoms with E-state index >= 15 is 0 Å². The maximum absolute atomic E-state index is 4.28. The molecule has 0 fully saturated rings. The van der Waals surface area contributed by atoms with E-state index in [1.807, 2.05) is 13.0 Å². The Balaban J connectivity index is 0.881. The Morgan fingerprint density at radius 3 is 1.57 bits per heavy atom. The molecule has 2 heteroatoms. The highest BCUT2D eigenvalue weighted by molar-refractivity contribution is 6.26. The molecule has 0 saturated carbocycles. The molecule has 70 heavy (non-hydrogen) atoms. The third-order valence-corrected chi connectivity index (χ3v) is 14.2. The Morgan fingerprint density at radius 2 is 0.929 bits per heavy atom. The molecule has 0 spiro atoms. The molecule has 0 unspecified atom stereocenters. The van der Waals surface area contributed by atoms with Gasteiger partial charge in [0.25, 0.3) is 0 Å². The highest BCUT2D eigenvalue weighted by atomic mass is 15.1. The molecule has 0 N–H and O–H groups in total. The van der Waals surface area contributed by atoms with Gasteiger partial charge >= 0.3 is 0 Å². The first-order chi connectivity index (χ1) is 34.6. The molecule has 1 aliphatic rings. The largest absolute Gasteiger partial charge is 0.311 e. The summed E-state index contributed by atoms with van der Waals surface area (Å²) in [4.78, 5) is 4.69. The van der Waals surface area contributed by atoms with Crippen molar-refractivity contribution in [2.24, 2.45) is 0 Å². The first-order valence-electron chi connectivity index (χ1n) is 24.5. The van der Waals surface area contributed by atoms with Gasteiger partial charge in [-0.2, -0.15) is 0 Å².